The predicted molar refractivity (Wildman–Crippen MR) is 125 cm³/mol. The van der Waals surface area contributed by atoms with E-state index in [1.165, 1.54) is 0 Å². The summed E-state index contributed by atoms with van der Waals surface area (Å²) in [6, 6.07) is 12.2. The van der Waals surface area contributed by atoms with Crippen LogP contribution in [0.4, 0.5) is 5.69 Å². The molecule has 2 amide bonds. The Kier molecular flexibility index (Phi) is 5.80. The van der Waals surface area contributed by atoms with Crippen molar-refractivity contribution in [3.8, 4) is 0 Å². The first-order valence-electron chi connectivity index (χ1n) is 10.5. The van der Waals surface area contributed by atoms with E-state index in [9.17, 15) is 9.59 Å². The van der Waals surface area contributed by atoms with Crippen LogP contribution in [0.2, 0.25) is 10.0 Å². The third-order valence-electron chi connectivity index (χ3n) is 6.43. The van der Waals surface area contributed by atoms with E-state index >= 15 is 0 Å². The second-order valence-corrected chi connectivity index (χ2v) is 9.98. The molecule has 2 N–H and O–H groups in total. The number of hydrogen-bond donors (Lipinski definition) is 2. The second-order valence-electron chi connectivity index (χ2n) is 9.10. The zero-order valence-corrected chi connectivity index (χ0v) is 19.6. The molecule has 0 aromatic heterocycles. The van der Waals surface area contributed by atoms with E-state index in [1.54, 1.807) is 31.1 Å². The van der Waals surface area contributed by atoms with Crippen molar-refractivity contribution in [3.05, 3.63) is 63.6 Å². The molecule has 4 unspecified atom stereocenters. The van der Waals surface area contributed by atoms with E-state index in [1.807, 2.05) is 30.3 Å². The Morgan fingerprint density at radius 3 is 2.48 bits per heavy atom. The molecule has 5 nitrogen and oxygen atoms in total. The van der Waals surface area contributed by atoms with Crippen LogP contribution >= 0.6 is 23.2 Å². The minimum absolute atomic E-state index is 0.0641. The number of likely N-dealkylation sites (N-methyl/N-ethyl adjacent to an activating group) is 1. The molecule has 164 valence electrons. The van der Waals surface area contributed by atoms with Crippen molar-refractivity contribution in [2.75, 3.05) is 19.4 Å². The molecule has 7 heteroatoms. The van der Waals surface area contributed by atoms with E-state index in [-0.39, 0.29) is 17.9 Å². The van der Waals surface area contributed by atoms with Gasteiger partial charge in [0.15, 0.2) is 0 Å². The number of hydrogen-bond acceptors (Lipinski definition) is 3. The number of halogens is 2. The molecule has 2 aliphatic heterocycles. The third-order valence-corrected chi connectivity index (χ3v) is 6.90. The van der Waals surface area contributed by atoms with Crippen molar-refractivity contribution in [1.29, 1.82) is 0 Å². The standard InChI is InChI=1S/C24H27Cl2N3O2/c1-13(2)10-19-24(17-9-8-16(26)12-18(17)27-23(24)31)20(14-6-5-7-15(25)11-14)21(28-19)22(30)29(3)4/h5-9,11-13,19-21,28H,10H2,1-4H3,(H,27,31). The summed E-state index contributed by atoms with van der Waals surface area (Å²) in [6.07, 6.45) is 0.740. The summed E-state index contributed by atoms with van der Waals surface area (Å²) in [7, 11) is 3.48. The first-order valence-corrected chi connectivity index (χ1v) is 11.3. The maximum Gasteiger partial charge on any atom is 0.239 e. The maximum atomic E-state index is 13.8. The Morgan fingerprint density at radius 2 is 1.84 bits per heavy atom. The number of rotatable bonds is 4. The van der Waals surface area contributed by atoms with Crippen molar-refractivity contribution in [1.82, 2.24) is 10.2 Å². The molecule has 0 bridgehead atoms. The summed E-state index contributed by atoms with van der Waals surface area (Å²) in [5, 5.41) is 7.75. The molecular weight excluding hydrogens is 433 g/mol. The number of carbonyl (C=O) groups excluding carboxylic acids is 2. The monoisotopic (exact) mass is 459 g/mol. The minimum Gasteiger partial charge on any atom is -0.347 e. The molecule has 4 rings (SSSR count). The molecule has 2 aliphatic rings. The van der Waals surface area contributed by atoms with Gasteiger partial charge in [-0.1, -0.05) is 55.2 Å². The highest BCUT2D eigenvalue weighted by Crippen LogP contribution is 2.56. The topological polar surface area (TPSA) is 61.4 Å². The van der Waals surface area contributed by atoms with Gasteiger partial charge < -0.3 is 15.5 Å². The van der Waals surface area contributed by atoms with Crippen molar-refractivity contribution < 1.29 is 9.59 Å². The quantitative estimate of drug-likeness (QED) is 0.709. The van der Waals surface area contributed by atoms with Crippen molar-refractivity contribution in [3.63, 3.8) is 0 Å². The number of anilines is 1. The highest BCUT2D eigenvalue weighted by atomic mass is 35.5. The van der Waals surface area contributed by atoms with Gasteiger partial charge in [0, 0.05) is 41.8 Å². The van der Waals surface area contributed by atoms with Gasteiger partial charge in [0.1, 0.15) is 5.41 Å². The van der Waals surface area contributed by atoms with E-state index < -0.39 is 17.4 Å². The lowest BCUT2D eigenvalue weighted by Gasteiger charge is -2.36. The second kappa shape index (κ2) is 8.12. The SMILES string of the molecule is CC(C)CC1NC(C(=O)N(C)C)C(c2cccc(Cl)c2)C12C(=O)Nc1cc(Cl)ccc12. The van der Waals surface area contributed by atoms with Crippen LogP contribution in [-0.2, 0) is 15.0 Å². The van der Waals surface area contributed by atoms with Gasteiger partial charge in [-0.2, -0.15) is 0 Å². The van der Waals surface area contributed by atoms with Gasteiger partial charge in [0.05, 0.1) is 6.04 Å². The Hall–Kier alpha value is -2.08. The van der Waals surface area contributed by atoms with Crippen LogP contribution in [0.1, 0.15) is 37.3 Å². The fourth-order valence-electron chi connectivity index (χ4n) is 5.28. The van der Waals surface area contributed by atoms with Gasteiger partial charge in [-0.3, -0.25) is 9.59 Å². The molecule has 31 heavy (non-hydrogen) atoms. The van der Waals surface area contributed by atoms with Crippen molar-refractivity contribution >= 4 is 40.7 Å². The molecule has 2 heterocycles. The van der Waals surface area contributed by atoms with Gasteiger partial charge in [0.25, 0.3) is 0 Å². The van der Waals surface area contributed by atoms with E-state index in [2.05, 4.69) is 24.5 Å². The number of nitrogens with one attached hydrogen (secondary N) is 2. The van der Waals surface area contributed by atoms with Gasteiger partial charge in [-0.05, 0) is 47.7 Å². The molecule has 0 saturated carbocycles. The lowest BCUT2D eigenvalue weighted by molar-refractivity contribution is -0.131. The average molecular weight is 460 g/mol. The summed E-state index contributed by atoms with van der Waals surface area (Å²) < 4.78 is 0. The molecule has 4 atom stereocenters. The van der Waals surface area contributed by atoms with Gasteiger partial charge in [0.2, 0.25) is 11.8 Å². The van der Waals surface area contributed by atoms with Gasteiger partial charge in [-0.15, -0.1) is 0 Å². The number of fused-ring (bicyclic) bond motifs is 2. The molecule has 0 radical (unpaired) electrons. The number of amides is 2. The molecule has 2 aromatic rings. The van der Waals surface area contributed by atoms with E-state index in [4.69, 9.17) is 23.2 Å². The summed E-state index contributed by atoms with van der Waals surface area (Å²) in [4.78, 5) is 28.7. The highest BCUT2D eigenvalue weighted by molar-refractivity contribution is 6.31. The third kappa shape index (κ3) is 3.53. The van der Waals surface area contributed by atoms with Crippen molar-refractivity contribution in [2.24, 2.45) is 5.92 Å². The Morgan fingerprint density at radius 1 is 1.13 bits per heavy atom. The van der Waals surface area contributed by atoms with Gasteiger partial charge >= 0.3 is 0 Å². The molecule has 1 fully saturated rings. The fourth-order valence-corrected chi connectivity index (χ4v) is 5.65. The fraction of sp³-hybridized carbons (Fsp3) is 0.417. The molecule has 1 saturated heterocycles. The first-order chi connectivity index (χ1) is 14.7. The summed E-state index contributed by atoms with van der Waals surface area (Å²) in [5.74, 6) is -0.271. The van der Waals surface area contributed by atoms with Crippen LogP contribution in [-0.4, -0.2) is 42.9 Å². The Bertz CT molecular complexity index is 1040. The largest absolute Gasteiger partial charge is 0.347 e. The lowest BCUT2D eigenvalue weighted by Crippen LogP contribution is -2.48. The number of nitrogens with zero attached hydrogens (tertiary/aromatic N) is 1. The van der Waals surface area contributed by atoms with Gasteiger partial charge in [-0.25, -0.2) is 0 Å². The van der Waals surface area contributed by atoms with Crippen molar-refractivity contribution in [2.45, 2.75) is 43.7 Å². The molecule has 0 aliphatic carbocycles. The normalized spacial score (nSPS) is 26.9. The zero-order valence-electron chi connectivity index (χ0n) is 18.1. The Balaban J connectivity index is 2.00. The zero-order chi connectivity index (χ0) is 22.5. The van der Waals surface area contributed by atoms with Crippen LogP contribution in [0.5, 0.6) is 0 Å². The highest BCUT2D eigenvalue weighted by Gasteiger charge is 2.65. The van der Waals surface area contributed by atoms with E-state index in [0.717, 1.165) is 17.5 Å². The number of benzene rings is 2. The van der Waals surface area contributed by atoms with E-state index in [0.29, 0.717) is 21.7 Å². The van der Waals surface area contributed by atoms with Crippen LogP contribution < -0.4 is 10.6 Å². The van der Waals surface area contributed by atoms with Crippen LogP contribution in [0.15, 0.2) is 42.5 Å². The number of carbonyl (C=O) groups is 2. The minimum atomic E-state index is -0.953. The average Bonchev–Trinajstić information content (AvgIpc) is 3.16. The smallest absolute Gasteiger partial charge is 0.239 e. The van der Waals surface area contributed by atoms with Crippen LogP contribution in [0.3, 0.4) is 0 Å². The Labute approximate surface area is 193 Å². The molecule has 1 spiro atoms. The molecule has 2 aromatic carbocycles. The summed E-state index contributed by atoms with van der Waals surface area (Å²) in [5.41, 5.74) is 1.49. The molecular formula is C24H27Cl2N3O2. The summed E-state index contributed by atoms with van der Waals surface area (Å²) in [6.45, 7) is 4.25. The first kappa shape index (κ1) is 22.1. The van der Waals surface area contributed by atoms with Crippen LogP contribution in [0, 0.1) is 5.92 Å². The summed E-state index contributed by atoms with van der Waals surface area (Å²) >= 11 is 12.6. The lowest BCUT2D eigenvalue weighted by atomic mass is 9.63. The predicted octanol–water partition coefficient (Wildman–Crippen LogP) is 4.44. The maximum absolute atomic E-state index is 13.8. The van der Waals surface area contributed by atoms with Crippen LogP contribution in [0.25, 0.3) is 0 Å².